The summed E-state index contributed by atoms with van der Waals surface area (Å²) in [5.41, 5.74) is -1.13. The van der Waals surface area contributed by atoms with Gasteiger partial charge >= 0.3 is 5.97 Å². The van der Waals surface area contributed by atoms with Gasteiger partial charge in [-0.15, -0.1) is 11.3 Å². The summed E-state index contributed by atoms with van der Waals surface area (Å²) >= 11 is 4.54. The van der Waals surface area contributed by atoms with Crippen molar-refractivity contribution in [2.75, 3.05) is 7.11 Å². The molecule has 1 aromatic rings. The third kappa shape index (κ3) is 2.98. The molecule has 2 N–H and O–H groups in total. The Balaban J connectivity index is 2.17. The molecule has 0 aromatic carbocycles. The molecule has 1 aliphatic rings. The van der Waals surface area contributed by atoms with Gasteiger partial charge in [0.05, 0.1) is 12.0 Å². The van der Waals surface area contributed by atoms with E-state index in [4.69, 9.17) is 4.74 Å². The maximum absolute atomic E-state index is 12.3. The van der Waals surface area contributed by atoms with E-state index in [0.29, 0.717) is 23.5 Å². The second-order valence-corrected chi connectivity index (χ2v) is 7.22. The number of hydrogen-bond donors (Lipinski definition) is 2. The summed E-state index contributed by atoms with van der Waals surface area (Å²) in [6.07, 6.45) is 3.63. The van der Waals surface area contributed by atoms with Crippen LogP contribution in [0.15, 0.2) is 9.85 Å². The van der Waals surface area contributed by atoms with Crippen LogP contribution in [0.3, 0.4) is 0 Å². The monoisotopic (exact) mass is 361 g/mol. The highest BCUT2D eigenvalue weighted by Gasteiger charge is 2.41. The molecule has 0 radical (unpaired) electrons. The summed E-state index contributed by atoms with van der Waals surface area (Å²) in [6, 6.07) is 1.61. The van der Waals surface area contributed by atoms with E-state index in [-0.39, 0.29) is 5.91 Å². The average Bonchev–Trinajstić information content (AvgIpc) is 2.81. The minimum atomic E-state index is -1.13. The van der Waals surface area contributed by atoms with Crippen molar-refractivity contribution in [1.82, 2.24) is 5.32 Å². The van der Waals surface area contributed by atoms with Gasteiger partial charge in [0, 0.05) is 6.07 Å². The van der Waals surface area contributed by atoms with E-state index in [2.05, 4.69) is 21.2 Å². The molecule has 2 rings (SSSR count). The van der Waals surface area contributed by atoms with Gasteiger partial charge in [-0.3, -0.25) is 4.79 Å². The Morgan fingerprint density at radius 1 is 1.40 bits per heavy atom. The molecular weight excluding hydrogens is 346 g/mol. The van der Waals surface area contributed by atoms with Gasteiger partial charge in [-0.05, 0) is 28.8 Å². The topological polar surface area (TPSA) is 75.6 Å². The largest absolute Gasteiger partial charge is 0.495 e. The molecule has 0 atom stereocenters. The first-order valence-electron chi connectivity index (χ1n) is 6.38. The van der Waals surface area contributed by atoms with Gasteiger partial charge in [-0.25, -0.2) is 4.79 Å². The normalized spacial score (nSPS) is 17.5. The van der Waals surface area contributed by atoms with Gasteiger partial charge in [0.25, 0.3) is 5.91 Å². The van der Waals surface area contributed by atoms with Crippen LogP contribution in [0.2, 0.25) is 0 Å². The molecule has 1 aliphatic carbocycles. The Bertz CT molecular complexity index is 522. The maximum atomic E-state index is 12.3. The summed E-state index contributed by atoms with van der Waals surface area (Å²) in [5, 5.41) is 12.2. The summed E-state index contributed by atoms with van der Waals surface area (Å²) < 4.78 is 5.83. The number of aliphatic carboxylic acids is 1. The number of hydrogen-bond acceptors (Lipinski definition) is 4. The number of ether oxygens (including phenoxy) is 1. The second kappa shape index (κ2) is 6.13. The molecule has 1 amide bonds. The number of rotatable bonds is 4. The van der Waals surface area contributed by atoms with E-state index in [9.17, 15) is 14.7 Å². The van der Waals surface area contributed by atoms with Gasteiger partial charge in [0.15, 0.2) is 0 Å². The van der Waals surface area contributed by atoms with Gasteiger partial charge in [0.1, 0.15) is 15.1 Å². The molecule has 0 unspecified atom stereocenters. The molecule has 0 saturated heterocycles. The van der Waals surface area contributed by atoms with Gasteiger partial charge in [-0.2, -0.15) is 0 Å². The molecule has 1 saturated carbocycles. The molecule has 7 heteroatoms. The van der Waals surface area contributed by atoms with E-state index >= 15 is 0 Å². The molecule has 0 bridgehead atoms. The van der Waals surface area contributed by atoms with Crippen molar-refractivity contribution in [2.45, 2.75) is 37.6 Å². The Morgan fingerprint density at radius 2 is 2.05 bits per heavy atom. The number of halogens is 1. The number of carbonyl (C=O) groups excluding carboxylic acids is 1. The van der Waals surface area contributed by atoms with Crippen molar-refractivity contribution in [1.29, 1.82) is 0 Å². The number of carbonyl (C=O) groups is 2. The van der Waals surface area contributed by atoms with Crippen LogP contribution in [-0.4, -0.2) is 29.6 Å². The predicted octanol–water partition coefficient (Wildman–Crippen LogP) is 3.04. The SMILES string of the molecule is COc1cc(C(=O)NC2(C(=O)O)CCCCC2)sc1Br. The standard InChI is InChI=1S/C13H16BrNO4S/c1-19-8-7-9(20-10(8)14)11(16)15-13(12(17)18)5-3-2-4-6-13/h7H,2-6H2,1H3,(H,15,16)(H,17,18). The maximum Gasteiger partial charge on any atom is 0.329 e. The predicted molar refractivity (Wildman–Crippen MR) is 79.5 cm³/mol. The fraction of sp³-hybridized carbons (Fsp3) is 0.538. The van der Waals surface area contributed by atoms with Gasteiger partial charge in [-0.1, -0.05) is 19.3 Å². The highest BCUT2D eigenvalue weighted by atomic mass is 79.9. The molecule has 0 aliphatic heterocycles. The van der Waals surface area contributed by atoms with Crippen molar-refractivity contribution in [3.05, 3.63) is 14.7 Å². The molecule has 1 heterocycles. The molecule has 20 heavy (non-hydrogen) atoms. The Morgan fingerprint density at radius 3 is 2.55 bits per heavy atom. The molecular formula is C13H16BrNO4S. The Labute approximate surface area is 129 Å². The molecule has 5 nitrogen and oxygen atoms in total. The summed E-state index contributed by atoms with van der Waals surface area (Å²) in [5.74, 6) is -0.732. The lowest BCUT2D eigenvalue weighted by Crippen LogP contribution is -2.55. The fourth-order valence-corrected chi connectivity index (χ4v) is 3.97. The lowest BCUT2D eigenvalue weighted by atomic mass is 9.81. The van der Waals surface area contributed by atoms with Crippen LogP contribution < -0.4 is 10.1 Å². The van der Waals surface area contributed by atoms with E-state index in [1.165, 1.54) is 18.4 Å². The summed E-state index contributed by atoms with van der Waals surface area (Å²) in [7, 11) is 1.52. The first-order valence-corrected chi connectivity index (χ1v) is 7.99. The Hall–Kier alpha value is -1.08. The smallest absolute Gasteiger partial charge is 0.329 e. The van der Waals surface area contributed by atoms with E-state index in [0.717, 1.165) is 23.0 Å². The van der Waals surface area contributed by atoms with Crippen LogP contribution in [0.25, 0.3) is 0 Å². The average molecular weight is 362 g/mol. The summed E-state index contributed by atoms with van der Waals surface area (Å²) in [4.78, 5) is 24.2. The van der Waals surface area contributed by atoms with Crippen LogP contribution in [0.5, 0.6) is 5.75 Å². The minimum absolute atomic E-state index is 0.358. The number of thiophene rings is 1. The molecule has 0 spiro atoms. The van der Waals surface area contributed by atoms with Gasteiger partial charge in [0.2, 0.25) is 0 Å². The van der Waals surface area contributed by atoms with Crippen molar-refractivity contribution in [3.63, 3.8) is 0 Å². The van der Waals surface area contributed by atoms with Crippen molar-refractivity contribution < 1.29 is 19.4 Å². The van der Waals surface area contributed by atoms with Crippen LogP contribution in [0.4, 0.5) is 0 Å². The zero-order valence-electron chi connectivity index (χ0n) is 11.1. The Kier molecular flexibility index (Phi) is 4.70. The third-order valence-electron chi connectivity index (χ3n) is 3.57. The second-order valence-electron chi connectivity index (χ2n) is 4.85. The highest BCUT2D eigenvalue weighted by molar-refractivity contribution is 9.11. The van der Waals surface area contributed by atoms with Gasteiger partial charge < -0.3 is 15.2 Å². The lowest BCUT2D eigenvalue weighted by molar-refractivity contribution is -0.145. The number of amides is 1. The van der Waals surface area contributed by atoms with E-state index < -0.39 is 11.5 Å². The molecule has 110 valence electrons. The van der Waals surface area contributed by atoms with Crippen LogP contribution >= 0.6 is 27.3 Å². The zero-order chi connectivity index (χ0) is 14.8. The highest BCUT2D eigenvalue weighted by Crippen LogP contribution is 2.35. The molecule has 1 fully saturated rings. The van der Waals surface area contributed by atoms with Crippen molar-refractivity contribution in [2.24, 2.45) is 0 Å². The quantitative estimate of drug-likeness (QED) is 0.863. The van der Waals surface area contributed by atoms with Crippen LogP contribution in [0.1, 0.15) is 41.8 Å². The number of carboxylic acid groups (broad SMARTS) is 1. The minimum Gasteiger partial charge on any atom is -0.495 e. The lowest BCUT2D eigenvalue weighted by Gasteiger charge is -2.33. The van der Waals surface area contributed by atoms with Crippen molar-refractivity contribution >= 4 is 39.1 Å². The number of carboxylic acids is 1. The number of methoxy groups -OCH3 is 1. The fourth-order valence-electron chi connectivity index (χ4n) is 2.43. The number of nitrogens with one attached hydrogen (secondary N) is 1. The van der Waals surface area contributed by atoms with Crippen molar-refractivity contribution in [3.8, 4) is 5.75 Å². The van der Waals surface area contributed by atoms with Crippen LogP contribution in [-0.2, 0) is 4.79 Å². The third-order valence-corrected chi connectivity index (χ3v) is 5.35. The zero-order valence-corrected chi connectivity index (χ0v) is 13.5. The van der Waals surface area contributed by atoms with Crippen LogP contribution in [0, 0.1) is 0 Å². The first kappa shape index (κ1) is 15.3. The first-order chi connectivity index (χ1) is 9.48. The van der Waals surface area contributed by atoms with E-state index in [1.54, 1.807) is 6.07 Å². The molecule has 1 aromatic heterocycles. The summed E-state index contributed by atoms with van der Waals surface area (Å²) in [6.45, 7) is 0. The van der Waals surface area contributed by atoms with E-state index in [1.807, 2.05) is 0 Å².